The highest BCUT2D eigenvalue weighted by Crippen LogP contribution is 2.04. The monoisotopic (exact) mass is 224 g/mol. The maximum atomic E-state index is 11.6. The molecule has 0 unspecified atom stereocenters. The molecule has 0 atom stereocenters. The number of aromatic nitrogens is 2. The van der Waals surface area contributed by atoms with Gasteiger partial charge in [-0.1, -0.05) is 5.16 Å². The van der Waals surface area contributed by atoms with Crippen molar-refractivity contribution >= 4 is 11.8 Å². The Bertz CT molecular complexity index is 415. The molecule has 0 radical (unpaired) electrons. The van der Waals surface area contributed by atoms with Crippen molar-refractivity contribution in [1.29, 1.82) is 0 Å². The van der Waals surface area contributed by atoms with Gasteiger partial charge < -0.3 is 14.7 Å². The lowest BCUT2D eigenvalue weighted by Crippen LogP contribution is -2.35. The van der Waals surface area contributed by atoms with Crippen LogP contribution in [0.5, 0.6) is 0 Å². The van der Waals surface area contributed by atoms with Crippen molar-refractivity contribution < 1.29 is 14.1 Å². The van der Waals surface area contributed by atoms with Crippen LogP contribution in [-0.2, 0) is 16.1 Å². The minimum Gasteiger partial charge on any atom is -0.347 e. The zero-order chi connectivity index (χ0) is 11.5. The lowest BCUT2D eigenvalue weighted by Gasteiger charge is -2.16. The molecule has 1 aromatic heterocycles. The van der Waals surface area contributed by atoms with Gasteiger partial charge in [0.05, 0.1) is 13.1 Å². The Labute approximate surface area is 91.8 Å². The molecule has 2 heterocycles. The average molecular weight is 224 g/mol. The molecule has 0 spiro atoms. The quantitative estimate of drug-likeness (QED) is 0.712. The van der Waals surface area contributed by atoms with Crippen molar-refractivity contribution in [3.8, 4) is 0 Å². The second-order valence-corrected chi connectivity index (χ2v) is 3.57. The third-order valence-electron chi connectivity index (χ3n) is 2.30. The Hall–Kier alpha value is -1.92. The molecule has 0 aliphatic carbocycles. The molecular formula is C9H12N4O3. The van der Waals surface area contributed by atoms with Crippen LogP contribution in [0.25, 0.3) is 0 Å². The van der Waals surface area contributed by atoms with E-state index in [1.54, 1.807) is 11.8 Å². The van der Waals surface area contributed by atoms with Crippen LogP contribution in [-0.4, -0.2) is 39.9 Å². The summed E-state index contributed by atoms with van der Waals surface area (Å²) >= 11 is 0. The van der Waals surface area contributed by atoms with Crippen LogP contribution in [0.2, 0.25) is 0 Å². The van der Waals surface area contributed by atoms with Gasteiger partial charge in [-0.05, 0) is 0 Å². The molecule has 1 fully saturated rings. The molecule has 0 aromatic carbocycles. The summed E-state index contributed by atoms with van der Waals surface area (Å²) in [6.07, 6.45) is 0.308. The minimum absolute atomic E-state index is 0.0374. The van der Waals surface area contributed by atoms with Gasteiger partial charge in [0.2, 0.25) is 17.7 Å². The predicted molar refractivity (Wildman–Crippen MR) is 52.1 cm³/mol. The molecule has 0 bridgehead atoms. The molecule has 86 valence electrons. The van der Waals surface area contributed by atoms with Gasteiger partial charge in [0, 0.05) is 19.9 Å². The Morgan fingerprint density at radius 3 is 3.00 bits per heavy atom. The largest absolute Gasteiger partial charge is 0.347 e. The lowest BCUT2D eigenvalue weighted by molar-refractivity contribution is -0.130. The standard InChI is InChI=1S/C9H12N4O3/c1-6-11-7(12-16-6)5-13-3-2-8(14)10-4-9(13)15/h2-5H2,1H3,(H,10,14). The molecule has 7 nitrogen and oxygen atoms in total. The van der Waals surface area contributed by atoms with Gasteiger partial charge in [0.15, 0.2) is 5.82 Å². The molecule has 1 aliphatic rings. The number of nitrogens with one attached hydrogen (secondary N) is 1. The van der Waals surface area contributed by atoms with Crippen LogP contribution in [0, 0.1) is 6.92 Å². The first-order valence-electron chi connectivity index (χ1n) is 4.99. The summed E-state index contributed by atoms with van der Waals surface area (Å²) < 4.78 is 4.81. The van der Waals surface area contributed by atoms with Crippen molar-refractivity contribution in [3.63, 3.8) is 0 Å². The first-order valence-corrected chi connectivity index (χ1v) is 4.99. The van der Waals surface area contributed by atoms with Gasteiger partial charge in [-0.15, -0.1) is 0 Å². The molecule has 0 saturated carbocycles. The highest BCUT2D eigenvalue weighted by atomic mass is 16.5. The smallest absolute Gasteiger partial charge is 0.242 e. The van der Waals surface area contributed by atoms with E-state index >= 15 is 0 Å². The Kier molecular flexibility index (Phi) is 2.84. The molecule has 1 aromatic rings. The normalized spacial score (nSPS) is 17.2. The molecule has 7 heteroatoms. The van der Waals surface area contributed by atoms with E-state index in [1.807, 2.05) is 0 Å². The SMILES string of the molecule is Cc1nc(CN2CCC(=O)NCC2=O)no1. The van der Waals surface area contributed by atoms with Crippen molar-refractivity contribution in [2.24, 2.45) is 0 Å². The second-order valence-electron chi connectivity index (χ2n) is 3.57. The van der Waals surface area contributed by atoms with Gasteiger partial charge in [-0.2, -0.15) is 4.98 Å². The Morgan fingerprint density at radius 1 is 1.50 bits per heavy atom. The summed E-state index contributed by atoms with van der Waals surface area (Å²) in [6.45, 7) is 2.39. The van der Waals surface area contributed by atoms with Crippen molar-refractivity contribution in [3.05, 3.63) is 11.7 Å². The van der Waals surface area contributed by atoms with E-state index in [2.05, 4.69) is 15.5 Å². The van der Waals surface area contributed by atoms with E-state index in [0.29, 0.717) is 24.7 Å². The minimum atomic E-state index is -0.131. The summed E-state index contributed by atoms with van der Waals surface area (Å²) in [5, 5.41) is 6.23. The first-order chi connectivity index (χ1) is 7.65. The molecule has 16 heavy (non-hydrogen) atoms. The summed E-state index contributed by atoms with van der Waals surface area (Å²) in [5.41, 5.74) is 0. The van der Waals surface area contributed by atoms with Gasteiger partial charge in [0.25, 0.3) is 0 Å². The fourth-order valence-corrected chi connectivity index (χ4v) is 1.48. The zero-order valence-corrected chi connectivity index (χ0v) is 8.89. The van der Waals surface area contributed by atoms with Crippen molar-refractivity contribution in [2.75, 3.05) is 13.1 Å². The molecule has 1 N–H and O–H groups in total. The van der Waals surface area contributed by atoms with E-state index in [1.165, 1.54) is 0 Å². The number of amides is 2. The van der Waals surface area contributed by atoms with Crippen LogP contribution in [0.3, 0.4) is 0 Å². The fraction of sp³-hybridized carbons (Fsp3) is 0.556. The number of rotatable bonds is 2. The molecule has 1 saturated heterocycles. The van der Waals surface area contributed by atoms with Gasteiger partial charge in [0.1, 0.15) is 0 Å². The molecule has 1 aliphatic heterocycles. The van der Waals surface area contributed by atoms with E-state index in [0.717, 1.165) is 0 Å². The van der Waals surface area contributed by atoms with Crippen LogP contribution in [0.4, 0.5) is 0 Å². The summed E-state index contributed by atoms with van der Waals surface area (Å²) in [4.78, 5) is 28.2. The van der Waals surface area contributed by atoms with Crippen LogP contribution in [0.15, 0.2) is 4.52 Å². The Balaban J connectivity index is 2.02. The van der Waals surface area contributed by atoms with E-state index in [-0.39, 0.29) is 24.9 Å². The second kappa shape index (κ2) is 4.30. The van der Waals surface area contributed by atoms with E-state index in [4.69, 9.17) is 4.52 Å². The van der Waals surface area contributed by atoms with Crippen molar-refractivity contribution in [1.82, 2.24) is 20.4 Å². The number of carbonyl (C=O) groups is 2. The van der Waals surface area contributed by atoms with E-state index < -0.39 is 0 Å². The maximum absolute atomic E-state index is 11.6. The molecular weight excluding hydrogens is 212 g/mol. The lowest BCUT2D eigenvalue weighted by atomic mass is 10.3. The van der Waals surface area contributed by atoms with Crippen molar-refractivity contribution in [2.45, 2.75) is 19.9 Å². The van der Waals surface area contributed by atoms with Crippen LogP contribution < -0.4 is 5.32 Å². The number of hydrogen-bond donors (Lipinski definition) is 1. The van der Waals surface area contributed by atoms with Crippen LogP contribution in [0.1, 0.15) is 18.1 Å². The number of carbonyl (C=O) groups excluding carboxylic acids is 2. The third-order valence-corrected chi connectivity index (χ3v) is 2.30. The highest BCUT2D eigenvalue weighted by molar-refractivity contribution is 5.87. The summed E-state index contributed by atoms with van der Waals surface area (Å²) in [5.74, 6) is 0.681. The van der Waals surface area contributed by atoms with Gasteiger partial charge >= 0.3 is 0 Å². The third kappa shape index (κ3) is 2.36. The van der Waals surface area contributed by atoms with Crippen LogP contribution >= 0.6 is 0 Å². The number of nitrogens with zero attached hydrogens (tertiary/aromatic N) is 3. The van der Waals surface area contributed by atoms with Gasteiger partial charge in [-0.3, -0.25) is 9.59 Å². The topological polar surface area (TPSA) is 88.3 Å². The fourth-order valence-electron chi connectivity index (χ4n) is 1.48. The summed E-state index contributed by atoms with van der Waals surface area (Å²) in [6, 6.07) is 0. The first kappa shape index (κ1) is 10.6. The predicted octanol–water partition coefficient (Wildman–Crippen LogP) is -0.773. The molecule has 2 amide bonds. The highest BCUT2D eigenvalue weighted by Gasteiger charge is 2.21. The average Bonchev–Trinajstić information content (AvgIpc) is 2.59. The number of hydrogen-bond acceptors (Lipinski definition) is 5. The van der Waals surface area contributed by atoms with E-state index in [9.17, 15) is 9.59 Å². The molecule has 2 rings (SSSR count). The van der Waals surface area contributed by atoms with Gasteiger partial charge in [-0.25, -0.2) is 0 Å². The number of aryl methyl sites for hydroxylation is 1. The maximum Gasteiger partial charge on any atom is 0.242 e. The summed E-state index contributed by atoms with van der Waals surface area (Å²) in [7, 11) is 0. The zero-order valence-electron chi connectivity index (χ0n) is 8.89. The Morgan fingerprint density at radius 2 is 2.31 bits per heavy atom.